The number of halogens is 2. The van der Waals surface area contributed by atoms with E-state index in [1.54, 1.807) is 30.5 Å². The van der Waals surface area contributed by atoms with Crippen LogP contribution in [0.4, 0.5) is 5.69 Å². The summed E-state index contributed by atoms with van der Waals surface area (Å²) in [4.78, 5) is 17.0. The summed E-state index contributed by atoms with van der Waals surface area (Å²) >= 11 is 12.4. The van der Waals surface area contributed by atoms with Gasteiger partial charge in [0.2, 0.25) is 0 Å². The van der Waals surface area contributed by atoms with Gasteiger partial charge in [0.1, 0.15) is 0 Å². The van der Waals surface area contributed by atoms with Gasteiger partial charge in [-0.05, 0) is 50.2 Å². The third kappa shape index (κ3) is 3.28. The summed E-state index contributed by atoms with van der Waals surface area (Å²) in [6.07, 6.45) is 5.19. The monoisotopic (exact) mass is 389 g/mol. The molecule has 1 saturated heterocycles. The average Bonchev–Trinajstić information content (AvgIpc) is 3.09. The Bertz CT molecular complexity index is 948. The summed E-state index contributed by atoms with van der Waals surface area (Å²) in [5, 5.41) is 12.3. The van der Waals surface area contributed by atoms with Crippen molar-refractivity contribution in [3.8, 4) is 0 Å². The predicted molar refractivity (Wildman–Crippen MR) is 103 cm³/mol. The molecular formula is C18H17Cl2N5O. The third-order valence-corrected chi connectivity index (χ3v) is 5.22. The number of amides is 1. The quantitative estimate of drug-likeness (QED) is 0.711. The molecule has 0 saturated carbocycles. The number of hydrogen-bond donors (Lipinski definition) is 2. The van der Waals surface area contributed by atoms with Crippen LogP contribution >= 0.6 is 23.2 Å². The summed E-state index contributed by atoms with van der Waals surface area (Å²) in [6.45, 7) is 1.92. The van der Waals surface area contributed by atoms with Crippen LogP contribution in [0.3, 0.4) is 0 Å². The molecule has 3 aromatic rings. The average molecular weight is 390 g/mol. The zero-order valence-electron chi connectivity index (χ0n) is 13.9. The predicted octanol–water partition coefficient (Wildman–Crippen LogP) is 3.91. The molecule has 134 valence electrons. The Balaban J connectivity index is 1.63. The number of anilines is 1. The Hall–Kier alpha value is -2.15. The number of carbonyl (C=O) groups excluding carboxylic acids is 1. The first kappa shape index (κ1) is 17.3. The number of piperidine rings is 1. The van der Waals surface area contributed by atoms with E-state index < -0.39 is 0 Å². The molecule has 1 aliphatic rings. The molecule has 0 unspecified atom stereocenters. The summed E-state index contributed by atoms with van der Waals surface area (Å²) in [7, 11) is 0. The van der Waals surface area contributed by atoms with Crippen molar-refractivity contribution in [1.29, 1.82) is 0 Å². The van der Waals surface area contributed by atoms with Gasteiger partial charge in [0.25, 0.3) is 5.91 Å². The van der Waals surface area contributed by atoms with Gasteiger partial charge in [0.05, 0.1) is 28.2 Å². The minimum Gasteiger partial charge on any atom is -0.322 e. The van der Waals surface area contributed by atoms with Crippen molar-refractivity contribution in [2.75, 3.05) is 18.4 Å². The van der Waals surface area contributed by atoms with Gasteiger partial charge in [-0.15, -0.1) is 0 Å². The number of carbonyl (C=O) groups is 1. The molecule has 1 aliphatic heterocycles. The number of fused-ring (bicyclic) bond motifs is 1. The van der Waals surface area contributed by atoms with Crippen LogP contribution < -0.4 is 10.6 Å². The van der Waals surface area contributed by atoms with Crippen molar-refractivity contribution in [3.05, 3.63) is 52.3 Å². The molecular weight excluding hydrogens is 373 g/mol. The minimum atomic E-state index is -0.318. The van der Waals surface area contributed by atoms with Gasteiger partial charge in [-0.2, -0.15) is 5.10 Å². The van der Waals surface area contributed by atoms with Crippen LogP contribution in [-0.2, 0) is 0 Å². The topological polar surface area (TPSA) is 71.8 Å². The molecule has 26 heavy (non-hydrogen) atoms. The van der Waals surface area contributed by atoms with Crippen molar-refractivity contribution in [2.24, 2.45) is 0 Å². The summed E-state index contributed by atoms with van der Waals surface area (Å²) in [5.74, 6) is -0.318. The van der Waals surface area contributed by atoms with E-state index in [1.807, 2.05) is 4.68 Å². The zero-order chi connectivity index (χ0) is 18.1. The van der Waals surface area contributed by atoms with Crippen molar-refractivity contribution in [2.45, 2.75) is 18.9 Å². The smallest absolute Gasteiger partial charge is 0.258 e. The summed E-state index contributed by atoms with van der Waals surface area (Å²) in [5.41, 5.74) is 1.67. The van der Waals surface area contributed by atoms with E-state index in [0.29, 0.717) is 38.4 Å². The van der Waals surface area contributed by atoms with Crippen molar-refractivity contribution in [3.63, 3.8) is 0 Å². The Labute approximate surface area is 160 Å². The number of benzene rings is 1. The van der Waals surface area contributed by atoms with Crippen molar-refractivity contribution < 1.29 is 4.79 Å². The van der Waals surface area contributed by atoms with E-state index in [-0.39, 0.29) is 5.91 Å². The van der Waals surface area contributed by atoms with Crippen molar-refractivity contribution in [1.82, 2.24) is 20.1 Å². The number of hydrogen-bond acceptors (Lipinski definition) is 4. The Kier molecular flexibility index (Phi) is 4.80. The second kappa shape index (κ2) is 7.23. The maximum absolute atomic E-state index is 12.6. The fourth-order valence-corrected chi connectivity index (χ4v) is 3.57. The fraction of sp³-hybridized carbons (Fsp3) is 0.278. The first-order valence-electron chi connectivity index (χ1n) is 8.43. The molecule has 0 spiro atoms. The Morgan fingerprint density at radius 1 is 1.15 bits per heavy atom. The highest BCUT2D eigenvalue weighted by molar-refractivity contribution is 6.38. The SMILES string of the molecule is O=C(Nc1ccc(Cl)cc1)c1cnc2c(cnn2C2CCNCC2)c1Cl. The van der Waals surface area contributed by atoms with Crippen LogP contribution in [0, 0.1) is 0 Å². The van der Waals surface area contributed by atoms with E-state index in [9.17, 15) is 4.79 Å². The standard InChI is InChI=1S/C18H17Cl2N5O/c19-11-1-3-12(4-2-11)24-18(26)15-9-22-17-14(16(15)20)10-23-25(17)13-5-7-21-8-6-13/h1-4,9-10,13,21H,5-8H2,(H,24,26). The van der Waals surface area contributed by atoms with Crippen LogP contribution in [0.5, 0.6) is 0 Å². The van der Waals surface area contributed by atoms with Gasteiger partial charge in [0.15, 0.2) is 5.65 Å². The van der Waals surface area contributed by atoms with Gasteiger partial charge in [0, 0.05) is 16.9 Å². The number of rotatable bonds is 3. The first-order chi connectivity index (χ1) is 12.6. The van der Waals surface area contributed by atoms with E-state index >= 15 is 0 Å². The first-order valence-corrected chi connectivity index (χ1v) is 9.18. The van der Waals surface area contributed by atoms with Gasteiger partial charge in [-0.1, -0.05) is 23.2 Å². The second-order valence-corrected chi connectivity index (χ2v) is 7.07. The number of aromatic nitrogens is 3. The molecule has 1 amide bonds. The maximum atomic E-state index is 12.6. The largest absolute Gasteiger partial charge is 0.322 e. The molecule has 1 fully saturated rings. The molecule has 6 nitrogen and oxygen atoms in total. The van der Waals surface area contributed by atoms with Gasteiger partial charge in [-0.25, -0.2) is 9.67 Å². The van der Waals surface area contributed by atoms with Crippen LogP contribution in [0.15, 0.2) is 36.7 Å². The molecule has 8 heteroatoms. The lowest BCUT2D eigenvalue weighted by Gasteiger charge is -2.23. The Morgan fingerprint density at radius 2 is 1.88 bits per heavy atom. The van der Waals surface area contributed by atoms with Crippen LogP contribution in [0.2, 0.25) is 10.0 Å². The van der Waals surface area contributed by atoms with Gasteiger partial charge in [-0.3, -0.25) is 4.79 Å². The fourth-order valence-electron chi connectivity index (χ4n) is 3.18. The van der Waals surface area contributed by atoms with Crippen LogP contribution in [0.25, 0.3) is 11.0 Å². The van der Waals surface area contributed by atoms with E-state index in [4.69, 9.17) is 23.2 Å². The molecule has 2 aromatic heterocycles. The van der Waals surface area contributed by atoms with Gasteiger partial charge < -0.3 is 10.6 Å². The molecule has 0 bridgehead atoms. The van der Waals surface area contributed by atoms with E-state index in [1.165, 1.54) is 6.20 Å². The molecule has 0 aliphatic carbocycles. The lowest BCUT2D eigenvalue weighted by Crippen LogP contribution is -2.29. The highest BCUT2D eigenvalue weighted by Gasteiger charge is 2.22. The van der Waals surface area contributed by atoms with E-state index in [0.717, 1.165) is 25.9 Å². The van der Waals surface area contributed by atoms with E-state index in [2.05, 4.69) is 20.7 Å². The molecule has 1 aromatic carbocycles. The van der Waals surface area contributed by atoms with Crippen LogP contribution in [0.1, 0.15) is 29.2 Å². The minimum absolute atomic E-state index is 0.297. The zero-order valence-corrected chi connectivity index (χ0v) is 15.4. The van der Waals surface area contributed by atoms with Gasteiger partial charge >= 0.3 is 0 Å². The van der Waals surface area contributed by atoms with Crippen LogP contribution in [-0.4, -0.2) is 33.8 Å². The lowest BCUT2D eigenvalue weighted by molar-refractivity contribution is 0.102. The third-order valence-electron chi connectivity index (χ3n) is 4.56. The van der Waals surface area contributed by atoms with Crippen molar-refractivity contribution >= 4 is 45.8 Å². The summed E-state index contributed by atoms with van der Waals surface area (Å²) in [6, 6.07) is 7.18. The normalized spacial score (nSPS) is 15.3. The summed E-state index contributed by atoms with van der Waals surface area (Å²) < 4.78 is 1.92. The highest BCUT2D eigenvalue weighted by Crippen LogP contribution is 2.29. The number of nitrogens with zero attached hydrogens (tertiary/aromatic N) is 3. The molecule has 3 heterocycles. The molecule has 4 rings (SSSR count). The molecule has 0 radical (unpaired) electrons. The lowest BCUT2D eigenvalue weighted by atomic mass is 10.1. The highest BCUT2D eigenvalue weighted by atomic mass is 35.5. The second-order valence-electron chi connectivity index (χ2n) is 6.25. The molecule has 2 N–H and O–H groups in total. The maximum Gasteiger partial charge on any atom is 0.258 e. The number of nitrogens with one attached hydrogen (secondary N) is 2. The molecule has 0 atom stereocenters. The number of pyridine rings is 1. The Morgan fingerprint density at radius 3 is 2.62 bits per heavy atom.